The largest absolute Gasteiger partial charge is 0.496 e. The van der Waals surface area contributed by atoms with E-state index in [1.807, 2.05) is 25.1 Å². The summed E-state index contributed by atoms with van der Waals surface area (Å²) in [7, 11) is 1.61. The number of methoxy groups -OCH3 is 1. The van der Waals surface area contributed by atoms with Gasteiger partial charge in [0, 0.05) is 6.54 Å². The number of carbonyl (C=O) groups is 2. The number of nitrogens with zero attached hydrogens (tertiary/aromatic N) is 1. The molecule has 2 N–H and O–H groups in total. The number of carbonyl (C=O) groups excluding carboxylic acids is 1. The number of benzene rings is 1. The van der Waals surface area contributed by atoms with Gasteiger partial charge >= 0.3 is 12.0 Å². The third-order valence-corrected chi connectivity index (χ3v) is 3.14. The van der Waals surface area contributed by atoms with Gasteiger partial charge < -0.3 is 20.1 Å². The molecular formula is C13H16N2O4. The van der Waals surface area contributed by atoms with Crippen LogP contribution in [0.25, 0.3) is 0 Å². The highest BCUT2D eigenvalue weighted by molar-refractivity contribution is 5.82. The van der Waals surface area contributed by atoms with Gasteiger partial charge in [0.1, 0.15) is 12.3 Å². The van der Waals surface area contributed by atoms with Crippen LogP contribution in [0, 0.1) is 6.92 Å². The lowest BCUT2D eigenvalue weighted by molar-refractivity contribution is -0.137. The molecule has 6 heteroatoms. The van der Waals surface area contributed by atoms with Crippen molar-refractivity contribution in [3.8, 4) is 5.75 Å². The summed E-state index contributed by atoms with van der Waals surface area (Å²) in [6.07, 6.45) is 0. The van der Waals surface area contributed by atoms with Crippen LogP contribution in [0.4, 0.5) is 4.79 Å². The summed E-state index contributed by atoms with van der Waals surface area (Å²) in [4.78, 5) is 23.6. The maximum absolute atomic E-state index is 11.6. The Morgan fingerprint density at radius 1 is 1.58 bits per heavy atom. The molecular weight excluding hydrogens is 248 g/mol. The zero-order valence-corrected chi connectivity index (χ0v) is 10.8. The molecule has 0 aliphatic carbocycles. The molecule has 2 amide bonds. The molecule has 0 saturated carbocycles. The lowest BCUT2D eigenvalue weighted by atomic mass is 10.0. The quantitative estimate of drug-likeness (QED) is 0.855. The number of aryl methyl sites for hydroxylation is 1. The fourth-order valence-electron chi connectivity index (χ4n) is 2.20. The van der Waals surface area contributed by atoms with Gasteiger partial charge in [0.25, 0.3) is 0 Å². The van der Waals surface area contributed by atoms with E-state index in [2.05, 4.69) is 5.32 Å². The summed E-state index contributed by atoms with van der Waals surface area (Å²) in [5.41, 5.74) is 1.92. The van der Waals surface area contributed by atoms with Crippen molar-refractivity contribution in [3.05, 3.63) is 29.3 Å². The Morgan fingerprint density at radius 3 is 2.89 bits per heavy atom. The van der Waals surface area contributed by atoms with E-state index in [0.29, 0.717) is 6.54 Å². The van der Waals surface area contributed by atoms with Gasteiger partial charge in [-0.1, -0.05) is 12.1 Å². The van der Waals surface area contributed by atoms with Crippen LogP contribution in [-0.4, -0.2) is 42.2 Å². The number of carboxylic acid groups (broad SMARTS) is 1. The Morgan fingerprint density at radius 2 is 2.32 bits per heavy atom. The van der Waals surface area contributed by atoms with Crippen LogP contribution in [0.15, 0.2) is 18.2 Å². The van der Waals surface area contributed by atoms with E-state index in [1.54, 1.807) is 7.11 Å². The minimum absolute atomic E-state index is 0.184. The first-order valence-electron chi connectivity index (χ1n) is 5.93. The van der Waals surface area contributed by atoms with Crippen LogP contribution in [0.2, 0.25) is 0 Å². The predicted octanol–water partition coefficient (Wildman–Crippen LogP) is 1.15. The number of hydrogen-bond donors (Lipinski definition) is 2. The molecule has 1 fully saturated rings. The van der Waals surface area contributed by atoms with Crippen molar-refractivity contribution in [1.82, 2.24) is 10.2 Å². The first-order valence-corrected chi connectivity index (χ1v) is 5.93. The van der Waals surface area contributed by atoms with Gasteiger partial charge in [0.05, 0.1) is 13.2 Å². The lowest BCUT2D eigenvalue weighted by Gasteiger charge is -2.13. The fraction of sp³-hybridized carbons (Fsp3) is 0.385. The molecule has 6 nitrogen and oxygen atoms in total. The molecule has 1 atom stereocenters. The molecule has 1 heterocycles. The van der Waals surface area contributed by atoms with Crippen LogP contribution >= 0.6 is 0 Å². The Bertz CT molecular complexity index is 515. The van der Waals surface area contributed by atoms with Crippen LogP contribution in [0.3, 0.4) is 0 Å². The first kappa shape index (κ1) is 13.2. The number of urea groups is 1. The topological polar surface area (TPSA) is 78.9 Å². The highest BCUT2D eigenvalue weighted by Crippen LogP contribution is 2.25. The van der Waals surface area contributed by atoms with Gasteiger partial charge in [0.15, 0.2) is 0 Å². The highest BCUT2D eigenvalue weighted by Gasteiger charge is 2.31. The van der Waals surface area contributed by atoms with Crippen molar-refractivity contribution in [3.63, 3.8) is 0 Å². The average molecular weight is 264 g/mol. The third-order valence-electron chi connectivity index (χ3n) is 3.14. The van der Waals surface area contributed by atoms with Crippen molar-refractivity contribution >= 4 is 12.0 Å². The SMILES string of the molecule is COc1ccc(C2CN(CC(=O)O)C(=O)N2)cc1C. The van der Waals surface area contributed by atoms with Crippen LogP contribution in [0.1, 0.15) is 17.2 Å². The summed E-state index contributed by atoms with van der Waals surface area (Å²) in [6, 6.07) is 5.13. The van der Waals surface area contributed by atoms with E-state index in [4.69, 9.17) is 9.84 Å². The average Bonchev–Trinajstić information content (AvgIpc) is 2.70. The van der Waals surface area contributed by atoms with E-state index in [1.165, 1.54) is 4.90 Å². The summed E-state index contributed by atoms with van der Waals surface area (Å²) < 4.78 is 5.18. The summed E-state index contributed by atoms with van der Waals surface area (Å²) in [5, 5.41) is 11.5. The minimum Gasteiger partial charge on any atom is -0.496 e. The number of ether oxygens (including phenoxy) is 1. The maximum Gasteiger partial charge on any atom is 0.323 e. The number of hydrogen-bond acceptors (Lipinski definition) is 3. The van der Waals surface area contributed by atoms with Crippen molar-refractivity contribution in [2.75, 3.05) is 20.2 Å². The molecule has 1 aromatic rings. The van der Waals surface area contributed by atoms with Gasteiger partial charge in [-0.05, 0) is 24.1 Å². The maximum atomic E-state index is 11.6. The fourth-order valence-corrected chi connectivity index (χ4v) is 2.20. The molecule has 0 radical (unpaired) electrons. The van der Waals surface area contributed by atoms with Gasteiger partial charge in [-0.3, -0.25) is 4.79 Å². The molecule has 0 aromatic heterocycles. The van der Waals surface area contributed by atoms with E-state index < -0.39 is 5.97 Å². The van der Waals surface area contributed by atoms with E-state index in [9.17, 15) is 9.59 Å². The molecule has 19 heavy (non-hydrogen) atoms. The molecule has 1 aliphatic rings. The smallest absolute Gasteiger partial charge is 0.323 e. The molecule has 0 bridgehead atoms. The van der Waals surface area contributed by atoms with Crippen molar-refractivity contribution in [1.29, 1.82) is 0 Å². The Kier molecular flexibility index (Phi) is 3.59. The number of carboxylic acids is 1. The van der Waals surface area contributed by atoms with Crippen molar-refractivity contribution in [2.24, 2.45) is 0 Å². The Hall–Kier alpha value is -2.24. The summed E-state index contributed by atoms with van der Waals surface area (Å²) >= 11 is 0. The first-order chi connectivity index (χ1) is 9.01. The zero-order valence-electron chi connectivity index (χ0n) is 10.8. The number of aliphatic carboxylic acids is 1. The van der Waals surface area contributed by atoms with E-state index in [-0.39, 0.29) is 18.6 Å². The molecule has 1 saturated heterocycles. The Balaban J connectivity index is 2.14. The second kappa shape index (κ2) is 5.17. The standard InChI is InChI=1S/C13H16N2O4/c1-8-5-9(3-4-11(8)19-2)10-6-15(7-12(16)17)13(18)14-10/h3-5,10H,6-7H2,1-2H3,(H,14,18)(H,16,17). The number of rotatable bonds is 4. The van der Waals surface area contributed by atoms with Gasteiger partial charge in [-0.15, -0.1) is 0 Å². The monoisotopic (exact) mass is 264 g/mol. The van der Waals surface area contributed by atoms with Crippen LogP contribution in [0.5, 0.6) is 5.75 Å². The predicted molar refractivity (Wildman–Crippen MR) is 68.2 cm³/mol. The van der Waals surface area contributed by atoms with Crippen LogP contribution < -0.4 is 10.1 Å². The van der Waals surface area contributed by atoms with E-state index in [0.717, 1.165) is 16.9 Å². The van der Waals surface area contributed by atoms with Gasteiger partial charge in [-0.25, -0.2) is 4.79 Å². The van der Waals surface area contributed by atoms with Gasteiger partial charge in [0.2, 0.25) is 0 Å². The molecule has 1 aromatic carbocycles. The highest BCUT2D eigenvalue weighted by atomic mass is 16.5. The van der Waals surface area contributed by atoms with Crippen molar-refractivity contribution in [2.45, 2.75) is 13.0 Å². The number of nitrogens with one attached hydrogen (secondary N) is 1. The third kappa shape index (κ3) is 2.78. The molecule has 102 valence electrons. The number of amides is 2. The normalized spacial score (nSPS) is 18.3. The summed E-state index contributed by atoms with van der Waals surface area (Å²) in [5.74, 6) is -0.225. The second-order valence-electron chi connectivity index (χ2n) is 4.51. The van der Waals surface area contributed by atoms with Crippen LogP contribution in [-0.2, 0) is 4.79 Å². The lowest BCUT2D eigenvalue weighted by Crippen LogP contribution is -2.32. The van der Waals surface area contributed by atoms with Crippen molar-refractivity contribution < 1.29 is 19.4 Å². The summed E-state index contributed by atoms with van der Waals surface area (Å²) in [6.45, 7) is 2.00. The van der Waals surface area contributed by atoms with Gasteiger partial charge in [-0.2, -0.15) is 0 Å². The molecule has 0 spiro atoms. The molecule has 2 rings (SSSR count). The minimum atomic E-state index is -1.01. The Labute approximate surface area is 111 Å². The van der Waals surface area contributed by atoms with E-state index >= 15 is 0 Å². The molecule has 1 unspecified atom stereocenters. The zero-order chi connectivity index (χ0) is 14.0. The second-order valence-corrected chi connectivity index (χ2v) is 4.51. The molecule has 1 aliphatic heterocycles.